The van der Waals surface area contributed by atoms with Crippen LogP contribution in [0.1, 0.15) is 58.8 Å². The van der Waals surface area contributed by atoms with Crippen LogP contribution in [0.5, 0.6) is 0 Å². The Balaban J connectivity index is 3.59. The van der Waals surface area contributed by atoms with E-state index in [1.165, 1.54) is 4.90 Å². The number of halogens is 1. The summed E-state index contributed by atoms with van der Waals surface area (Å²) in [4.78, 5) is 23.6. The van der Waals surface area contributed by atoms with E-state index in [2.05, 4.69) is 0 Å². The van der Waals surface area contributed by atoms with Crippen LogP contribution in [0.3, 0.4) is 0 Å². The minimum Gasteiger partial charge on any atom is -0.480 e. The molecule has 0 aliphatic rings. The van der Waals surface area contributed by atoms with Crippen molar-refractivity contribution < 1.29 is 19.1 Å². The summed E-state index contributed by atoms with van der Waals surface area (Å²) in [6, 6.07) is 0. The summed E-state index contributed by atoms with van der Waals surface area (Å²) in [7, 11) is 0. The minimum absolute atomic E-state index is 0.0951. The molecule has 0 spiro atoms. The number of hydrogen-bond acceptors (Lipinski definition) is 2. The van der Waals surface area contributed by atoms with Gasteiger partial charge in [0.05, 0.1) is 6.17 Å². The first-order valence-corrected chi connectivity index (χ1v) is 7.11. The summed E-state index contributed by atoms with van der Waals surface area (Å²) in [5.41, 5.74) is 0. The zero-order chi connectivity index (χ0) is 14.7. The summed E-state index contributed by atoms with van der Waals surface area (Å²) >= 11 is 0. The molecule has 0 fully saturated rings. The van der Waals surface area contributed by atoms with Crippen LogP contribution in [0.2, 0.25) is 0 Å². The van der Waals surface area contributed by atoms with E-state index >= 15 is 0 Å². The standard InChI is InChI=1S/C14H26FNO3/c1-3-16(11-14(18)19)13(17)10-8-6-4-5-7-9-12(2)15/h12H,3-11H2,1-2H3,(H,18,19). The van der Waals surface area contributed by atoms with E-state index < -0.39 is 12.1 Å². The molecule has 0 aromatic rings. The molecule has 0 aliphatic heterocycles. The Labute approximate surface area is 115 Å². The zero-order valence-corrected chi connectivity index (χ0v) is 12.0. The number of unbranched alkanes of at least 4 members (excludes halogenated alkanes) is 4. The van der Waals surface area contributed by atoms with Gasteiger partial charge in [-0.3, -0.25) is 9.59 Å². The fourth-order valence-electron chi connectivity index (χ4n) is 1.93. The summed E-state index contributed by atoms with van der Waals surface area (Å²) in [5, 5.41) is 8.65. The number of rotatable bonds is 11. The van der Waals surface area contributed by atoms with Crippen molar-refractivity contribution in [1.82, 2.24) is 4.90 Å². The van der Waals surface area contributed by atoms with Gasteiger partial charge < -0.3 is 10.0 Å². The van der Waals surface area contributed by atoms with Gasteiger partial charge in [-0.2, -0.15) is 0 Å². The van der Waals surface area contributed by atoms with Gasteiger partial charge >= 0.3 is 5.97 Å². The molecule has 1 atom stereocenters. The molecule has 0 bridgehead atoms. The van der Waals surface area contributed by atoms with Gasteiger partial charge in [0.1, 0.15) is 6.54 Å². The summed E-state index contributed by atoms with van der Waals surface area (Å²) in [6.45, 7) is 3.56. The molecular weight excluding hydrogens is 249 g/mol. The fraction of sp³-hybridized carbons (Fsp3) is 0.857. The molecule has 0 saturated carbocycles. The highest BCUT2D eigenvalue weighted by atomic mass is 19.1. The number of nitrogens with zero attached hydrogens (tertiary/aromatic N) is 1. The molecule has 5 heteroatoms. The highest BCUT2D eigenvalue weighted by Gasteiger charge is 2.13. The van der Waals surface area contributed by atoms with Crippen molar-refractivity contribution in [2.24, 2.45) is 0 Å². The Bertz CT molecular complexity index is 269. The Hall–Kier alpha value is -1.13. The van der Waals surface area contributed by atoms with Crippen LogP contribution in [0.4, 0.5) is 4.39 Å². The number of amides is 1. The number of carboxylic acid groups (broad SMARTS) is 1. The minimum atomic E-state index is -0.976. The van der Waals surface area contributed by atoms with Gasteiger partial charge in [0.25, 0.3) is 0 Å². The first-order valence-electron chi connectivity index (χ1n) is 7.11. The number of alkyl halides is 1. The Kier molecular flexibility index (Phi) is 10.1. The second-order valence-electron chi connectivity index (χ2n) is 4.89. The molecule has 0 aromatic heterocycles. The number of carbonyl (C=O) groups is 2. The summed E-state index contributed by atoms with van der Waals surface area (Å²) < 4.78 is 12.5. The SMILES string of the molecule is CCN(CC(=O)O)C(=O)CCCCCCCC(C)F. The third kappa shape index (κ3) is 10.5. The predicted octanol–water partition coefficient (Wildman–Crippen LogP) is 3.01. The van der Waals surface area contributed by atoms with Crippen molar-refractivity contribution in [2.75, 3.05) is 13.1 Å². The lowest BCUT2D eigenvalue weighted by Crippen LogP contribution is -2.35. The number of hydrogen-bond donors (Lipinski definition) is 1. The van der Waals surface area contributed by atoms with E-state index in [9.17, 15) is 14.0 Å². The molecular formula is C14H26FNO3. The van der Waals surface area contributed by atoms with Gasteiger partial charge in [-0.05, 0) is 26.7 Å². The van der Waals surface area contributed by atoms with Crippen molar-refractivity contribution in [3.05, 3.63) is 0 Å². The van der Waals surface area contributed by atoms with Crippen molar-refractivity contribution >= 4 is 11.9 Å². The van der Waals surface area contributed by atoms with Crippen LogP contribution < -0.4 is 0 Å². The van der Waals surface area contributed by atoms with Gasteiger partial charge in [-0.25, -0.2) is 4.39 Å². The quantitative estimate of drug-likeness (QED) is 0.590. The average molecular weight is 275 g/mol. The Morgan fingerprint density at radius 2 is 1.74 bits per heavy atom. The first-order chi connectivity index (χ1) is 8.97. The van der Waals surface area contributed by atoms with Gasteiger partial charge in [0.15, 0.2) is 0 Å². The van der Waals surface area contributed by atoms with Gasteiger partial charge in [-0.1, -0.05) is 25.7 Å². The van der Waals surface area contributed by atoms with Gasteiger partial charge in [0, 0.05) is 13.0 Å². The average Bonchev–Trinajstić information content (AvgIpc) is 2.33. The lowest BCUT2D eigenvalue weighted by Gasteiger charge is -2.18. The highest BCUT2D eigenvalue weighted by molar-refractivity contribution is 5.81. The number of aliphatic carboxylic acids is 1. The van der Waals surface area contributed by atoms with Crippen LogP contribution in [0.15, 0.2) is 0 Å². The molecule has 0 saturated heterocycles. The van der Waals surface area contributed by atoms with Crippen molar-refractivity contribution in [3.8, 4) is 0 Å². The summed E-state index contributed by atoms with van der Waals surface area (Å²) in [5.74, 6) is -1.07. The van der Waals surface area contributed by atoms with E-state index in [1.807, 2.05) is 0 Å². The molecule has 1 unspecified atom stereocenters. The first kappa shape index (κ1) is 17.9. The Morgan fingerprint density at radius 3 is 2.26 bits per heavy atom. The normalized spacial score (nSPS) is 12.2. The Morgan fingerprint density at radius 1 is 1.16 bits per heavy atom. The number of carboxylic acids is 1. The third-order valence-electron chi connectivity index (χ3n) is 3.05. The second-order valence-corrected chi connectivity index (χ2v) is 4.89. The molecule has 19 heavy (non-hydrogen) atoms. The van der Waals surface area contributed by atoms with E-state index in [1.54, 1.807) is 13.8 Å². The maximum Gasteiger partial charge on any atom is 0.323 e. The molecule has 1 amide bonds. The third-order valence-corrected chi connectivity index (χ3v) is 3.05. The largest absolute Gasteiger partial charge is 0.480 e. The second kappa shape index (κ2) is 10.8. The summed E-state index contributed by atoms with van der Waals surface area (Å²) in [6.07, 6.45) is 4.90. The van der Waals surface area contributed by atoms with Crippen LogP contribution in [0.25, 0.3) is 0 Å². The molecule has 0 aliphatic carbocycles. The highest BCUT2D eigenvalue weighted by Crippen LogP contribution is 2.10. The molecule has 0 radical (unpaired) electrons. The van der Waals surface area contributed by atoms with Crippen molar-refractivity contribution in [1.29, 1.82) is 0 Å². The van der Waals surface area contributed by atoms with E-state index in [4.69, 9.17) is 5.11 Å². The van der Waals surface area contributed by atoms with Gasteiger partial charge in [-0.15, -0.1) is 0 Å². The van der Waals surface area contributed by atoms with Crippen LogP contribution in [-0.4, -0.2) is 41.1 Å². The maximum absolute atomic E-state index is 12.5. The van der Waals surface area contributed by atoms with Crippen LogP contribution >= 0.6 is 0 Å². The molecule has 4 nitrogen and oxygen atoms in total. The molecule has 1 N–H and O–H groups in total. The van der Waals surface area contributed by atoms with Crippen LogP contribution in [-0.2, 0) is 9.59 Å². The van der Waals surface area contributed by atoms with Crippen molar-refractivity contribution in [2.45, 2.75) is 65.0 Å². The van der Waals surface area contributed by atoms with Crippen molar-refractivity contribution in [3.63, 3.8) is 0 Å². The maximum atomic E-state index is 12.5. The van der Waals surface area contributed by atoms with Crippen LogP contribution in [0, 0.1) is 0 Å². The predicted molar refractivity (Wildman–Crippen MR) is 72.8 cm³/mol. The smallest absolute Gasteiger partial charge is 0.323 e. The molecule has 112 valence electrons. The zero-order valence-electron chi connectivity index (χ0n) is 12.0. The topological polar surface area (TPSA) is 57.6 Å². The molecule has 0 aromatic carbocycles. The fourth-order valence-corrected chi connectivity index (χ4v) is 1.93. The van der Waals surface area contributed by atoms with Gasteiger partial charge in [0.2, 0.25) is 5.91 Å². The monoisotopic (exact) mass is 275 g/mol. The van der Waals surface area contributed by atoms with E-state index in [0.717, 1.165) is 32.1 Å². The number of likely N-dealkylation sites (N-methyl/N-ethyl adjacent to an activating group) is 1. The lowest BCUT2D eigenvalue weighted by molar-refractivity contribution is -0.144. The number of carbonyl (C=O) groups excluding carboxylic acids is 1. The molecule has 0 heterocycles. The lowest BCUT2D eigenvalue weighted by atomic mass is 10.1. The van der Waals surface area contributed by atoms with E-state index in [-0.39, 0.29) is 12.5 Å². The van der Waals surface area contributed by atoms with E-state index in [0.29, 0.717) is 19.4 Å². The molecule has 0 rings (SSSR count).